The van der Waals surface area contributed by atoms with Crippen LogP contribution in [0.1, 0.15) is 113 Å². The predicted molar refractivity (Wildman–Crippen MR) is 236 cm³/mol. The molecule has 0 N–H and O–H groups in total. The van der Waals surface area contributed by atoms with Crippen molar-refractivity contribution < 1.29 is 4.74 Å². The van der Waals surface area contributed by atoms with E-state index >= 15 is 0 Å². The van der Waals surface area contributed by atoms with Crippen LogP contribution in [0.5, 0.6) is 5.75 Å². The highest BCUT2D eigenvalue weighted by Crippen LogP contribution is 2.23. The van der Waals surface area contributed by atoms with Crippen LogP contribution < -0.4 is 31.9 Å². The van der Waals surface area contributed by atoms with Gasteiger partial charge in [-0.25, -0.2) is 0 Å². The number of methoxy groups -OCH3 is 1. The van der Waals surface area contributed by atoms with E-state index in [2.05, 4.69) is 16.0 Å². The molecule has 11 heteroatoms. The standard InChI is InChI=1S/C11H16N2O.C9H13NO2.C9H13NO.C7H10N2O.4C2H6/c1-8-7-10(13-5-4-6-13)9(2)11(14)12(8)3;1-6-5-8(12-4)7(2)9(11)10(6)3;1-6-5-7(2)9(11)10(4)8(6)3;1-5-4-9(3)7(10)6(2)8-5;4*1-2/h7H,4-6H2,1-3H3;5H,1-4H3;5H,1-4H3;4H,1-3H3;4*1-2H3. The fourth-order valence-corrected chi connectivity index (χ4v) is 5.04. The largest absolute Gasteiger partial charge is 0.496 e. The van der Waals surface area contributed by atoms with Crippen LogP contribution in [-0.4, -0.2) is 43.5 Å². The van der Waals surface area contributed by atoms with Crippen molar-refractivity contribution in [2.24, 2.45) is 28.2 Å². The van der Waals surface area contributed by atoms with Crippen LogP contribution >= 0.6 is 0 Å². The molecule has 0 unspecified atom stereocenters. The fraction of sp³-hybridized carbons (Fsp3) is 0.568. The van der Waals surface area contributed by atoms with Crippen LogP contribution in [0, 0.1) is 62.3 Å². The quantitative estimate of drug-likeness (QED) is 0.203. The van der Waals surface area contributed by atoms with Crippen molar-refractivity contribution in [1.29, 1.82) is 0 Å². The first kappa shape index (κ1) is 54.7. The number of aromatic nitrogens is 5. The normalized spacial score (nSPS) is 10.4. The third-order valence-corrected chi connectivity index (χ3v) is 8.67. The topological polar surface area (TPSA) is 113 Å². The molecule has 312 valence electrons. The SMILES string of the molecule is CC.CC.CC.CC.COc1cc(C)n(C)c(=O)c1C.Cc1c(N2CCC2)cc(C)n(C)c1=O.Cc1cc(C)c(=O)n(C)c1C.Cc1cn(C)c(=O)c(C)n1. The summed E-state index contributed by atoms with van der Waals surface area (Å²) >= 11 is 0. The predicted octanol–water partition coefficient (Wildman–Crippen LogP) is 8.04. The van der Waals surface area contributed by atoms with E-state index in [9.17, 15) is 19.2 Å². The molecule has 0 bridgehead atoms. The lowest BCUT2D eigenvalue weighted by Crippen LogP contribution is -2.39. The van der Waals surface area contributed by atoms with Crippen LogP contribution in [-0.2, 0) is 28.2 Å². The molecule has 0 saturated carbocycles. The van der Waals surface area contributed by atoms with Gasteiger partial charge in [0.1, 0.15) is 11.4 Å². The van der Waals surface area contributed by atoms with Crippen molar-refractivity contribution in [2.45, 2.75) is 124 Å². The van der Waals surface area contributed by atoms with E-state index in [1.54, 1.807) is 62.0 Å². The summed E-state index contributed by atoms with van der Waals surface area (Å²) in [5, 5.41) is 0. The van der Waals surface area contributed by atoms with Crippen LogP contribution in [0.4, 0.5) is 5.69 Å². The number of hydrogen-bond donors (Lipinski definition) is 0. The molecule has 1 saturated heterocycles. The molecule has 5 heterocycles. The second-order valence-corrected chi connectivity index (χ2v) is 12.2. The molecule has 5 rings (SSSR count). The lowest BCUT2D eigenvalue weighted by atomic mass is 10.1. The zero-order valence-corrected chi connectivity index (χ0v) is 38.7. The molecule has 1 aliphatic rings. The van der Waals surface area contributed by atoms with E-state index in [1.165, 1.54) is 16.6 Å². The Labute approximate surface area is 332 Å². The second-order valence-electron chi connectivity index (χ2n) is 12.2. The maximum Gasteiger partial charge on any atom is 0.271 e. The lowest BCUT2D eigenvalue weighted by molar-refractivity contribution is 0.408. The van der Waals surface area contributed by atoms with Crippen LogP contribution in [0.25, 0.3) is 0 Å². The minimum atomic E-state index is -0.0226. The van der Waals surface area contributed by atoms with E-state index in [4.69, 9.17) is 4.74 Å². The first-order chi connectivity index (χ1) is 25.8. The van der Waals surface area contributed by atoms with E-state index in [-0.39, 0.29) is 22.2 Å². The highest BCUT2D eigenvalue weighted by Gasteiger charge is 2.18. The number of rotatable bonds is 2. The molecule has 1 fully saturated rings. The Bertz CT molecular complexity index is 1950. The molecule has 0 atom stereocenters. The van der Waals surface area contributed by atoms with Gasteiger partial charge in [-0.05, 0) is 92.5 Å². The summed E-state index contributed by atoms with van der Waals surface area (Å²) in [7, 11) is 8.68. The Morgan fingerprint density at radius 1 is 0.564 bits per heavy atom. The van der Waals surface area contributed by atoms with Crippen LogP contribution in [0.2, 0.25) is 0 Å². The van der Waals surface area contributed by atoms with Gasteiger partial charge in [0, 0.05) is 81.4 Å². The van der Waals surface area contributed by atoms with Gasteiger partial charge < -0.3 is 27.9 Å². The molecule has 11 nitrogen and oxygen atoms in total. The van der Waals surface area contributed by atoms with E-state index in [0.29, 0.717) is 17.0 Å². The highest BCUT2D eigenvalue weighted by atomic mass is 16.5. The number of pyridine rings is 3. The van der Waals surface area contributed by atoms with E-state index in [1.807, 2.05) is 123 Å². The number of anilines is 1. The summed E-state index contributed by atoms with van der Waals surface area (Å²) in [6.45, 7) is 35.1. The van der Waals surface area contributed by atoms with Gasteiger partial charge in [0.05, 0.1) is 18.4 Å². The summed E-state index contributed by atoms with van der Waals surface area (Å²) in [5.74, 6) is 0.663. The molecule has 4 aromatic rings. The van der Waals surface area contributed by atoms with Crippen molar-refractivity contribution >= 4 is 5.69 Å². The zero-order valence-electron chi connectivity index (χ0n) is 38.7. The van der Waals surface area contributed by atoms with Gasteiger partial charge in [0.25, 0.3) is 22.2 Å². The summed E-state index contributed by atoms with van der Waals surface area (Å²) < 4.78 is 11.6. The zero-order chi connectivity index (χ0) is 43.9. The van der Waals surface area contributed by atoms with Gasteiger partial charge in [0.2, 0.25) is 0 Å². The summed E-state index contributed by atoms with van der Waals surface area (Å²) in [6.07, 6.45) is 2.96. The Kier molecular flexibility index (Phi) is 27.7. The third-order valence-electron chi connectivity index (χ3n) is 8.67. The highest BCUT2D eigenvalue weighted by molar-refractivity contribution is 5.54. The number of hydrogen-bond acceptors (Lipinski definition) is 7. The molecule has 0 aromatic carbocycles. The van der Waals surface area contributed by atoms with Gasteiger partial charge in [-0.2, -0.15) is 0 Å². The van der Waals surface area contributed by atoms with Crippen molar-refractivity contribution in [1.82, 2.24) is 23.3 Å². The van der Waals surface area contributed by atoms with Gasteiger partial charge in [-0.1, -0.05) is 55.4 Å². The molecule has 0 radical (unpaired) electrons. The number of nitrogens with zero attached hydrogens (tertiary/aromatic N) is 6. The van der Waals surface area contributed by atoms with Crippen molar-refractivity contribution in [2.75, 3.05) is 25.1 Å². The summed E-state index contributed by atoms with van der Waals surface area (Å²) in [4.78, 5) is 51.8. The van der Waals surface area contributed by atoms with E-state index in [0.717, 1.165) is 52.7 Å². The lowest BCUT2D eigenvalue weighted by Gasteiger charge is -2.34. The molecular formula is C44H76N6O5. The molecular weight excluding hydrogens is 693 g/mol. The average molecular weight is 769 g/mol. The Hall–Kier alpha value is -4.67. The maximum absolute atomic E-state index is 11.8. The van der Waals surface area contributed by atoms with Crippen LogP contribution in [0.3, 0.4) is 0 Å². The van der Waals surface area contributed by atoms with Gasteiger partial charge in [-0.3, -0.25) is 24.2 Å². The first-order valence-corrected chi connectivity index (χ1v) is 19.6. The summed E-state index contributed by atoms with van der Waals surface area (Å²) in [6, 6.07) is 5.89. The molecule has 55 heavy (non-hydrogen) atoms. The second kappa shape index (κ2) is 27.8. The monoisotopic (exact) mass is 769 g/mol. The number of ether oxygens (including phenoxy) is 1. The van der Waals surface area contributed by atoms with Crippen molar-refractivity contribution in [3.8, 4) is 5.75 Å². The van der Waals surface area contributed by atoms with Crippen molar-refractivity contribution in [3.63, 3.8) is 0 Å². The Morgan fingerprint density at radius 2 is 1.02 bits per heavy atom. The minimum Gasteiger partial charge on any atom is -0.496 e. The average Bonchev–Trinajstić information content (AvgIpc) is 3.17. The summed E-state index contributed by atoms with van der Waals surface area (Å²) in [5.41, 5.74) is 9.27. The molecule has 1 aliphatic heterocycles. The smallest absolute Gasteiger partial charge is 0.271 e. The fourth-order valence-electron chi connectivity index (χ4n) is 5.04. The van der Waals surface area contributed by atoms with Gasteiger partial charge >= 0.3 is 0 Å². The van der Waals surface area contributed by atoms with Crippen LogP contribution in [0.15, 0.2) is 43.6 Å². The number of aryl methyl sites for hydroxylation is 7. The Balaban J connectivity index is -0.000000620. The first-order valence-electron chi connectivity index (χ1n) is 19.6. The third kappa shape index (κ3) is 15.9. The molecule has 0 amide bonds. The van der Waals surface area contributed by atoms with Gasteiger partial charge in [0.15, 0.2) is 0 Å². The molecule has 0 aliphatic carbocycles. The maximum atomic E-state index is 11.8. The van der Waals surface area contributed by atoms with Gasteiger partial charge in [-0.15, -0.1) is 0 Å². The molecule has 0 spiro atoms. The molecule has 4 aromatic heterocycles. The Morgan fingerprint density at radius 3 is 1.44 bits per heavy atom. The van der Waals surface area contributed by atoms with E-state index < -0.39 is 0 Å². The van der Waals surface area contributed by atoms with Crippen molar-refractivity contribution in [3.05, 3.63) is 117 Å². The minimum absolute atomic E-state index is 0.00634.